The average molecular weight is 1250 g/mol. The highest BCUT2D eigenvalue weighted by Gasteiger charge is 2.52. The van der Waals surface area contributed by atoms with Crippen LogP contribution in [0.3, 0.4) is 0 Å². The molecule has 88 heavy (non-hydrogen) atoms. The number of unbranched alkanes of at least 4 members (excludes halogenated alkanes) is 5. The van der Waals surface area contributed by atoms with Crippen molar-refractivity contribution in [1.82, 2.24) is 51.1 Å². The maximum absolute atomic E-state index is 15.9. The second-order valence-corrected chi connectivity index (χ2v) is 24.7. The van der Waals surface area contributed by atoms with Gasteiger partial charge in [0.2, 0.25) is 41.4 Å². The van der Waals surface area contributed by atoms with Gasteiger partial charge in [0.25, 0.3) is 0 Å². The number of amides is 7. The van der Waals surface area contributed by atoms with Gasteiger partial charge >= 0.3 is 0 Å². The predicted molar refractivity (Wildman–Crippen MR) is 331 cm³/mol. The predicted octanol–water partition coefficient (Wildman–Crippen LogP) is 1.68. The van der Waals surface area contributed by atoms with Gasteiger partial charge in [-0.1, -0.05) is 77.8 Å². The number of hydrogen-bond donors (Lipinski definition) is 7. The van der Waals surface area contributed by atoms with Crippen LogP contribution in [0.15, 0.2) is 24.3 Å². The zero-order valence-electron chi connectivity index (χ0n) is 58.8. The number of benzene rings is 1. The van der Waals surface area contributed by atoms with Crippen LogP contribution in [-0.2, 0) is 47.8 Å². The van der Waals surface area contributed by atoms with Gasteiger partial charge < -0.3 is 79.4 Å². The molecular weight excluding hydrogens is 1140 g/mol. The summed E-state index contributed by atoms with van der Waals surface area (Å²) in [4.78, 5) is 113. The lowest BCUT2D eigenvalue weighted by atomic mass is 9.91. The molecule has 0 aromatic heterocycles. The first-order chi connectivity index (χ1) is 42.9. The first-order valence-corrected chi connectivity index (χ1v) is 31.1. The number of methoxy groups -OCH3 is 4. The molecule has 25 heteroatoms. The second kappa shape index (κ2) is 36.1. The van der Waals surface area contributed by atoms with Crippen molar-refractivity contribution < 1.29 is 78.4 Å². The van der Waals surface area contributed by atoms with E-state index < -0.39 is 164 Å². The molecule has 18 atom stereocenters. The molecule has 25 nitrogen and oxygen atoms in total. The van der Waals surface area contributed by atoms with Gasteiger partial charge in [0.1, 0.15) is 60.4 Å². The van der Waals surface area contributed by atoms with Crippen LogP contribution in [-0.4, -0.2) is 266 Å². The van der Waals surface area contributed by atoms with Crippen LogP contribution in [0.5, 0.6) is 5.75 Å². The lowest BCUT2D eigenvalue weighted by Gasteiger charge is -2.42. The summed E-state index contributed by atoms with van der Waals surface area (Å²) in [7, 11) is 11.9. The monoisotopic (exact) mass is 1250 g/mol. The fourth-order valence-corrected chi connectivity index (χ4v) is 12.4. The molecule has 3 saturated heterocycles. The third-order valence-electron chi connectivity index (χ3n) is 18.0. The molecule has 0 aliphatic carbocycles. The van der Waals surface area contributed by atoms with Crippen LogP contribution in [0, 0.1) is 11.8 Å². The Morgan fingerprint density at radius 1 is 0.795 bits per heavy atom. The summed E-state index contributed by atoms with van der Waals surface area (Å²) in [5.74, 6) is -5.33. The zero-order chi connectivity index (χ0) is 69.5. The van der Waals surface area contributed by atoms with Crippen LogP contribution < -0.4 is 26.4 Å². The summed E-state index contributed by atoms with van der Waals surface area (Å²) in [5.41, 5.74) is 8.63. The van der Waals surface area contributed by atoms with Gasteiger partial charge in [0, 0.05) is 98.8 Å². The highest BCUT2D eigenvalue weighted by molar-refractivity contribution is 5.98. The van der Waals surface area contributed by atoms with Crippen LogP contribution in [0.25, 0.3) is 0 Å². The van der Waals surface area contributed by atoms with Crippen LogP contribution in [0.4, 0.5) is 0 Å². The summed E-state index contributed by atoms with van der Waals surface area (Å²) in [5, 5.41) is 55.9. The SMILES string of the molecule is [2H]C(C)(C[C@@H](OC)[C@H]1C(=O)N2CC[C@H](OC)[C@H]2C(=O)N(C)[C@H](NC([2H])(C)C([2H])([2H])[NH])[C@H](O)C[C@H](NC(=O)CCCCCCCCC(C)CC(C)CC)C(=O)N(C)[C@@H]([C@@H](C)O)C(=O)N2C[C@H](O)CC2C(=O)N[C@@H]([C@H](O)[C@@H](OC)c2ccc(OC)cc2)C(=O)N1C)N(C)C. The van der Waals surface area contributed by atoms with E-state index in [1.807, 2.05) is 0 Å². The lowest BCUT2D eigenvalue weighted by Crippen LogP contribution is -2.65. The lowest BCUT2D eigenvalue weighted by molar-refractivity contribution is -0.160. The highest BCUT2D eigenvalue weighted by Crippen LogP contribution is 2.32. The Morgan fingerprint density at radius 2 is 1.41 bits per heavy atom. The van der Waals surface area contributed by atoms with E-state index in [4.69, 9.17) is 28.8 Å². The number of nitrogens with one attached hydrogen (secondary N) is 4. The molecule has 8 N–H and O–H groups in total. The van der Waals surface area contributed by atoms with Crippen molar-refractivity contribution in [3.8, 4) is 5.75 Å². The third kappa shape index (κ3) is 20.0. The number of aliphatic hydroxyl groups is 4. The molecule has 0 spiro atoms. The largest absolute Gasteiger partial charge is 0.497 e. The van der Waals surface area contributed by atoms with Crippen LogP contribution in [0.1, 0.15) is 149 Å². The Bertz CT molecular complexity index is 2570. The highest BCUT2D eigenvalue weighted by atomic mass is 16.5. The van der Waals surface area contributed by atoms with E-state index in [9.17, 15) is 26.6 Å². The number of rotatable bonds is 28. The fraction of sp³-hybridized carbons (Fsp3) is 0.794. The molecule has 3 aliphatic heterocycles. The minimum absolute atomic E-state index is 0.0110. The summed E-state index contributed by atoms with van der Waals surface area (Å²) in [6, 6.07) is -8.89. The van der Waals surface area contributed by atoms with Crippen LogP contribution in [0.2, 0.25) is 0 Å². The minimum Gasteiger partial charge on any atom is -0.497 e. The number of hydrogen-bond acceptors (Lipinski definition) is 17. The van der Waals surface area contributed by atoms with Crippen molar-refractivity contribution in [1.29, 1.82) is 0 Å². The molecular formula is C63H109N10O15. The van der Waals surface area contributed by atoms with E-state index in [-0.39, 0.29) is 31.4 Å². The Hall–Kier alpha value is -5.09. The Balaban J connectivity index is 1.99. The van der Waals surface area contributed by atoms with E-state index >= 15 is 28.8 Å². The standard InChI is InChI=1S/C63H109N10O15/c1-16-37(2)31-38(3)23-21-19-17-18-20-22-24-50(77)66-45-34-47(76)57(65-39(4)35-64)71(11)61(82)54-48(86-13)29-30-72(54)63(84)53(49(87-14)32-40(5)68(7)8)70(10)60(81)51(55(78)56(88-15)42-25-27-44(85-12)28-26-42)67-58(79)46-33-43(75)36-73(46)62(83)52(41(6)74)69(9)59(45)80/h25-28,37-41,43,45-49,51-57,64-65,74-76,78H,16-24,29-36H2,1-15H3,(H,66,77)(H,67,79)/t37?,38?,39?,40?,41-,43-,45+,46?,47-,48+,49-,51+,52+,53+,54+,55+,56+,57+/m1/s1/i35D2,39D,40D. The molecule has 0 saturated carbocycles. The van der Waals surface area contributed by atoms with Gasteiger partial charge in [-0.15, -0.1) is 0 Å². The number of ether oxygens (including phenoxy) is 4. The molecule has 7 amide bonds. The van der Waals surface area contributed by atoms with E-state index in [1.54, 1.807) is 38.4 Å². The first-order valence-electron chi connectivity index (χ1n) is 33.1. The number of likely N-dealkylation sites (N-methyl/N-ethyl adjacent to an activating group) is 3. The zero-order valence-corrected chi connectivity index (χ0v) is 54.8. The second-order valence-electron chi connectivity index (χ2n) is 24.7. The summed E-state index contributed by atoms with van der Waals surface area (Å²) >= 11 is 0. The molecule has 5 unspecified atom stereocenters. The van der Waals surface area contributed by atoms with E-state index in [2.05, 4.69) is 36.7 Å². The number of carbonyl (C=O) groups is 7. The number of nitrogens with zero attached hydrogens (tertiary/aromatic N) is 6. The van der Waals surface area contributed by atoms with E-state index in [0.717, 1.165) is 84.0 Å². The Morgan fingerprint density at radius 3 is 1.98 bits per heavy atom. The molecule has 3 aliphatic rings. The third-order valence-corrected chi connectivity index (χ3v) is 18.0. The molecule has 501 valence electrons. The van der Waals surface area contributed by atoms with Gasteiger partial charge in [-0.25, -0.2) is 0 Å². The van der Waals surface area contributed by atoms with Gasteiger partial charge in [-0.3, -0.25) is 44.6 Å². The van der Waals surface area contributed by atoms with Crippen molar-refractivity contribution in [2.75, 3.05) is 83.3 Å². The fourth-order valence-electron chi connectivity index (χ4n) is 12.4. The first kappa shape index (κ1) is 68.8. The smallest absolute Gasteiger partial charge is 0.249 e. The van der Waals surface area contributed by atoms with Gasteiger partial charge in [-0.2, -0.15) is 0 Å². The van der Waals surface area contributed by atoms with Gasteiger partial charge in [0.15, 0.2) is 0 Å². The Labute approximate surface area is 528 Å². The average Bonchev–Trinajstić information content (AvgIpc) is 1.36. The quantitative estimate of drug-likeness (QED) is 0.0587. The van der Waals surface area contributed by atoms with Gasteiger partial charge in [0.05, 0.1) is 37.6 Å². The number of fused-ring (bicyclic) bond motifs is 2. The van der Waals surface area contributed by atoms with Crippen molar-refractivity contribution >= 4 is 41.4 Å². The van der Waals surface area contributed by atoms with Crippen molar-refractivity contribution in [2.24, 2.45) is 11.8 Å². The van der Waals surface area contributed by atoms with E-state index in [0.29, 0.717) is 30.4 Å². The van der Waals surface area contributed by atoms with Crippen molar-refractivity contribution in [3.63, 3.8) is 0 Å². The minimum atomic E-state index is -3.15. The van der Waals surface area contributed by atoms with Crippen molar-refractivity contribution in [3.05, 3.63) is 29.8 Å². The maximum Gasteiger partial charge on any atom is 0.249 e. The molecule has 3 fully saturated rings. The summed E-state index contributed by atoms with van der Waals surface area (Å²) in [6.07, 6.45) is -6.44. The molecule has 1 aromatic rings. The van der Waals surface area contributed by atoms with E-state index in [1.165, 1.54) is 60.7 Å². The van der Waals surface area contributed by atoms with Crippen molar-refractivity contribution in [2.45, 2.75) is 229 Å². The molecule has 3 heterocycles. The number of carbonyl (C=O) groups excluding carboxylic acids is 7. The summed E-state index contributed by atoms with van der Waals surface area (Å²) < 4.78 is 58.2. The normalized spacial score (nSPS) is 29.3. The Kier molecular flexibility index (Phi) is 28.2. The molecule has 0 bridgehead atoms. The maximum atomic E-state index is 15.9. The molecule has 1 aromatic carbocycles. The number of aliphatic hydroxyl groups excluding tert-OH is 4. The molecule has 4 rings (SSSR count). The van der Waals surface area contributed by atoms with Gasteiger partial charge in [-0.05, 0) is 90.1 Å². The van der Waals surface area contributed by atoms with Crippen LogP contribution >= 0.6 is 0 Å². The topological polar surface area (TPSA) is 317 Å². The molecule has 1 radical (unpaired) electrons. The summed E-state index contributed by atoms with van der Waals surface area (Å²) in [6.45, 7) is 6.51.